The lowest BCUT2D eigenvalue weighted by molar-refractivity contribution is 1.68. The van der Waals surface area contributed by atoms with Gasteiger partial charge in [-0.2, -0.15) is 12.6 Å². The molecule has 2 unspecified atom stereocenters. The quantitative estimate of drug-likeness (QED) is 0.452. The normalized spacial score (nSPS) is 37.5. The molecule has 0 radical (unpaired) electrons. The number of hydrogen-bond donors (Lipinski definition) is 2. The highest BCUT2D eigenvalue weighted by molar-refractivity contribution is 8.85. The molecule has 0 nitrogen and oxygen atoms in total. The minimum atomic E-state index is -0.0478. The third-order valence-electron chi connectivity index (χ3n) is 0.656. The molecule has 2 atom stereocenters. The Kier molecular flexibility index (Phi) is 2.77. The molecule has 0 aromatic heterocycles. The van der Waals surface area contributed by atoms with Crippen molar-refractivity contribution >= 4 is 55.7 Å². The SMILES string of the molecule is S=S1C=C(S)C(S)S1. The molecule has 0 aromatic rings. The van der Waals surface area contributed by atoms with Crippen LogP contribution in [0.5, 0.6) is 0 Å². The molecule has 0 saturated heterocycles. The fourth-order valence-corrected chi connectivity index (χ4v) is 6.14. The first-order chi connectivity index (χ1) is 3.70. The Bertz CT molecular complexity index is 148. The van der Waals surface area contributed by atoms with Crippen molar-refractivity contribution in [3.8, 4) is 0 Å². The second kappa shape index (κ2) is 2.96. The summed E-state index contributed by atoms with van der Waals surface area (Å²) in [5, 5.41) is 1.97. The zero-order valence-corrected chi connectivity index (χ0v) is 8.01. The Morgan fingerprint density at radius 3 is 2.62 bits per heavy atom. The highest BCUT2D eigenvalue weighted by Crippen LogP contribution is 2.36. The molecule has 1 rings (SSSR count). The second-order valence-corrected chi connectivity index (χ2v) is 7.42. The first-order valence-electron chi connectivity index (χ1n) is 1.86. The average Bonchev–Trinajstić information content (AvgIpc) is 1.85. The average molecular weight is 200 g/mol. The van der Waals surface area contributed by atoms with E-state index in [0.29, 0.717) is 0 Å². The minimum absolute atomic E-state index is 0.0478. The Hall–Kier alpha value is 1.36. The number of thiol groups is 2. The summed E-state index contributed by atoms with van der Waals surface area (Å²) in [6.07, 6.45) is 0. The van der Waals surface area contributed by atoms with Crippen molar-refractivity contribution in [3.63, 3.8) is 0 Å². The Morgan fingerprint density at radius 1 is 1.88 bits per heavy atom. The second-order valence-electron chi connectivity index (χ2n) is 1.25. The molecule has 0 amide bonds. The Labute approximate surface area is 70.3 Å². The summed E-state index contributed by atoms with van der Waals surface area (Å²) in [7, 11) is 1.62. The van der Waals surface area contributed by atoms with Gasteiger partial charge in [0, 0.05) is 4.91 Å². The zero-order chi connectivity index (χ0) is 6.15. The van der Waals surface area contributed by atoms with Gasteiger partial charge in [0.2, 0.25) is 0 Å². The van der Waals surface area contributed by atoms with Crippen LogP contribution >= 0.6 is 36.1 Å². The van der Waals surface area contributed by atoms with E-state index in [4.69, 9.17) is 11.2 Å². The van der Waals surface area contributed by atoms with Crippen molar-refractivity contribution in [1.29, 1.82) is 0 Å². The first-order valence-corrected chi connectivity index (χ1v) is 6.44. The Balaban J connectivity index is 2.73. The van der Waals surface area contributed by atoms with E-state index in [0.717, 1.165) is 4.91 Å². The number of hydrogen-bond acceptors (Lipinski definition) is 4. The van der Waals surface area contributed by atoms with Crippen LogP contribution in [0.2, 0.25) is 0 Å². The molecule has 0 fully saturated rings. The van der Waals surface area contributed by atoms with Gasteiger partial charge < -0.3 is 0 Å². The maximum atomic E-state index is 4.97. The molecule has 46 valence electrons. The van der Waals surface area contributed by atoms with Gasteiger partial charge in [-0.25, -0.2) is 0 Å². The van der Waals surface area contributed by atoms with E-state index in [2.05, 4.69) is 25.3 Å². The van der Waals surface area contributed by atoms with Crippen molar-refractivity contribution in [2.45, 2.75) is 4.58 Å². The van der Waals surface area contributed by atoms with Gasteiger partial charge in [0.25, 0.3) is 0 Å². The predicted octanol–water partition coefficient (Wildman–Crippen LogP) is 1.76. The molecule has 0 spiro atoms. The van der Waals surface area contributed by atoms with Gasteiger partial charge in [-0.05, 0) is 25.1 Å². The van der Waals surface area contributed by atoms with E-state index in [1.165, 1.54) is 0 Å². The summed E-state index contributed by atoms with van der Waals surface area (Å²) in [5.74, 6) is 0. The van der Waals surface area contributed by atoms with Gasteiger partial charge in [-0.15, -0.1) is 12.6 Å². The number of rotatable bonds is 0. The molecule has 1 aliphatic heterocycles. The van der Waals surface area contributed by atoms with Crippen LogP contribution in [0.4, 0.5) is 0 Å². The standard InChI is InChI=1S/C3H4S5/c4-2-1-8(6)7-3(2)5/h1,3-5H. The van der Waals surface area contributed by atoms with Crippen LogP contribution in [0.15, 0.2) is 10.3 Å². The molecule has 8 heavy (non-hydrogen) atoms. The summed E-state index contributed by atoms with van der Waals surface area (Å²) >= 11 is 13.3. The van der Waals surface area contributed by atoms with Crippen LogP contribution < -0.4 is 0 Å². The summed E-state index contributed by atoms with van der Waals surface area (Å²) in [6, 6.07) is 0. The van der Waals surface area contributed by atoms with Crippen LogP contribution in [-0.2, 0) is 19.7 Å². The lowest BCUT2D eigenvalue weighted by Gasteiger charge is -1.95. The summed E-state index contributed by atoms with van der Waals surface area (Å²) in [5.41, 5.74) is 0. The van der Waals surface area contributed by atoms with Gasteiger partial charge in [-0.3, -0.25) is 0 Å². The third-order valence-corrected chi connectivity index (χ3v) is 6.12. The van der Waals surface area contributed by atoms with Gasteiger partial charge >= 0.3 is 0 Å². The van der Waals surface area contributed by atoms with Crippen molar-refractivity contribution < 1.29 is 0 Å². The fourth-order valence-electron chi connectivity index (χ4n) is 0.324. The van der Waals surface area contributed by atoms with E-state index in [9.17, 15) is 0 Å². The molecule has 0 saturated carbocycles. The monoisotopic (exact) mass is 200 g/mol. The van der Waals surface area contributed by atoms with Crippen LogP contribution in [0, 0.1) is 0 Å². The van der Waals surface area contributed by atoms with E-state index in [1.807, 2.05) is 5.41 Å². The van der Waals surface area contributed by atoms with Gasteiger partial charge in [0.15, 0.2) is 0 Å². The van der Waals surface area contributed by atoms with Crippen LogP contribution in [0.25, 0.3) is 0 Å². The van der Waals surface area contributed by atoms with E-state index < -0.39 is 0 Å². The molecule has 1 heterocycles. The fraction of sp³-hybridized carbons (Fsp3) is 0.333. The molecule has 0 bridgehead atoms. The molecular formula is C3H4S5. The lowest BCUT2D eigenvalue weighted by atomic mass is 10.7. The maximum absolute atomic E-state index is 4.97. The van der Waals surface area contributed by atoms with E-state index in [1.54, 1.807) is 10.8 Å². The molecule has 5 heteroatoms. The molecule has 0 aromatic carbocycles. The van der Waals surface area contributed by atoms with Crippen molar-refractivity contribution in [2.24, 2.45) is 0 Å². The summed E-state index contributed by atoms with van der Waals surface area (Å²) in [6.45, 7) is 0. The van der Waals surface area contributed by atoms with Crippen LogP contribution in [0.3, 0.4) is 0 Å². The van der Waals surface area contributed by atoms with Gasteiger partial charge in [0.1, 0.15) is 0 Å². The largest absolute Gasteiger partial charge is 0.159 e. The lowest BCUT2D eigenvalue weighted by Crippen LogP contribution is -1.81. The highest BCUT2D eigenvalue weighted by atomic mass is 33.3. The topological polar surface area (TPSA) is 0 Å². The molecule has 0 N–H and O–H groups in total. The predicted molar refractivity (Wildman–Crippen MR) is 52.2 cm³/mol. The van der Waals surface area contributed by atoms with Crippen molar-refractivity contribution in [2.75, 3.05) is 0 Å². The zero-order valence-electron chi connectivity index (χ0n) is 3.77. The third kappa shape index (κ3) is 1.67. The molecule has 0 aliphatic carbocycles. The minimum Gasteiger partial charge on any atom is -0.159 e. The molecule has 1 aliphatic rings. The van der Waals surface area contributed by atoms with Crippen molar-refractivity contribution in [3.05, 3.63) is 10.3 Å². The van der Waals surface area contributed by atoms with E-state index in [-0.39, 0.29) is 13.1 Å². The van der Waals surface area contributed by atoms with Crippen molar-refractivity contribution in [1.82, 2.24) is 0 Å². The highest BCUT2D eigenvalue weighted by Gasteiger charge is 2.15. The molecular weight excluding hydrogens is 196 g/mol. The maximum Gasteiger partial charge on any atom is 0.0892 e. The smallest absolute Gasteiger partial charge is 0.0892 e. The summed E-state index contributed by atoms with van der Waals surface area (Å²) < 4.78 is 0.235. The summed E-state index contributed by atoms with van der Waals surface area (Å²) in [4.78, 5) is 1.01. The van der Waals surface area contributed by atoms with Gasteiger partial charge in [0.05, 0.1) is 4.58 Å². The van der Waals surface area contributed by atoms with E-state index >= 15 is 0 Å². The van der Waals surface area contributed by atoms with Crippen LogP contribution in [-0.4, -0.2) is 4.58 Å². The Morgan fingerprint density at radius 2 is 2.50 bits per heavy atom. The van der Waals surface area contributed by atoms with Crippen LogP contribution in [0.1, 0.15) is 0 Å². The first kappa shape index (κ1) is 7.47. The van der Waals surface area contributed by atoms with Gasteiger partial charge in [-0.1, -0.05) is 10.8 Å².